The molecule has 3 aromatic carbocycles. The van der Waals surface area contributed by atoms with Crippen molar-refractivity contribution in [2.24, 2.45) is 0 Å². The highest BCUT2D eigenvalue weighted by molar-refractivity contribution is 6.46. The van der Waals surface area contributed by atoms with Gasteiger partial charge in [0.25, 0.3) is 17.5 Å². The van der Waals surface area contributed by atoms with E-state index in [1.54, 1.807) is 30.1 Å². The molecule has 33 heavy (non-hydrogen) atoms. The molecule has 1 aliphatic heterocycles. The predicted molar refractivity (Wildman–Crippen MR) is 128 cm³/mol. The third-order valence-electron chi connectivity index (χ3n) is 5.51. The fourth-order valence-electron chi connectivity index (χ4n) is 3.76. The molecule has 166 valence electrons. The van der Waals surface area contributed by atoms with Crippen LogP contribution in [-0.2, 0) is 9.59 Å². The van der Waals surface area contributed by atoms with Crippen LogP contribution < -0.4 is 14.7 Å². The average Bonchev–Trinajstić information content (AvgIpc) is 3.09. The number of para-hydroxylation sites is 1. The number of nitro benzene ring substituents is 1. The highest BCUT2D eigenvalue weighted by atomic mass is 16.6. The molecule has 4 rings (SSSR count). The van der Waals surface area contributed by atoms with E-state index >= 15 is 0 Å². The Morgan fingerprint density at radius 3 is 2.03 bits per heavy atom. The minimum absolute atomic E-state index is 0.0929. The Morgan fingerprint density at radius 1 is 0.788 bits per heavy atom. The van der Waals surface area contributed by atoms with Gasteiger partial charge >= 0.3 is 0 Å². The topological polar surface area (TPSA) is 87.0 Å². The Labute approximate surface area is 191 Å². The summed E-state index contributed by atoms with van der Waals surface area (Å²) in [5, 5.41) is 11.1. The van der Waals surface area contributed by atoms with Crippen molar-refractivity contribution >= 4 is 40.1 Å². The zero-order valence-corrected chi connectivity index (χ0v) is 18.4. The van der Waals surface area contributed by atoms with Gasteiger partial charge in [0.15, 0.2) is 0 Å². The molecule has 0 aromatic heterocycles. The number of nitrogens with zero attached hydrogens (tertiary/aromatic N) is 4. The molecule has 8 heteroatoms. The van der Waals surface area contributed by atoms with Crippen molar-refractivity contribution in [3.63, 3.8) is 0 Å². The van der Waals surface area contributed by atoms with E-state index in [9.17, 15) is 19.7 Å². The molecule has 3 aromatic rings. The van der Waals surface area contributed by atoms with Gasteiger partial charge in [-0.1, -0.05) is 24.3 Å². The molecule has 8 nitrogen and oxygen atoms in total. The lowest BCUT2D eigenvalue weighted by Crippen LogP contribution is -2.34. The Kier molecular flexibility index (Phi) is 5.66. The minimum Gasteiger partial charge on any atom is -0.378 e. The summed E-state index contributed by atoms with van der Waals surface area (Å²) in [6, 6.07) is 22.0. The van der Waals surface area contributed by atoms with Crippen molar-refractivity contribution in [2.45, 2.75) is 0 Å². The number of carbonyl (C=O) groups excluding carboxylic acids is 2. The summed E-state index contributed by atoms with van der Waals surface area (Å²) in [7, 11) is 5.48. The number of carbonyl (C=O) groups is 2. The molecule has 0 N–H and O–H groups in total. The fraction of sp³-hybridized carbons (Fsp3) is 0.120. The molecule has 0 unspecified atom stereocenters. The van der Waals surface area contributed by atoms with Crippen molar-refractivity contribution in [1.29, 1.82) is 0 Å². The molecule has 0 fully saturated rings. The number of benzene rings is 3. The SMILES string of the molecule is CN(C)c1cccc(N2C(=O)C(c3ccc([N+](=O)[O-])cc3)=C(N(C)c3ccccc3)C2=O)c1. The van der Waals surface area contributed by atoms with Gasteiger partial charge in [-0.3, -0.25) is 19.7 Å². The average molecular weight is 442 g/mol. The van der Waals surface area contributed by atoms with E-state index in [0.717, 1.165) is 16.3 Å². The number of hydrogen-bond donors (Lipinski definition) is 0. The first kappa shape index (κ1) is 21.8. The summed E-state index contributed by atoms with van der Waals surface area (Å²) in [5.74, 6) is -0.946. The number of anilines is 3. The standard InChI is InChI=1S/C25H22N4O4/c1-26(2)20-10-7-11-21(16-20)28-24(30)22(17-12-14-19(15-13-17)29(32)33)23(25(28)31)27(3)18-8-5-4-6-9-18/h4-16H,1-3H3. The first-order chi connectivity index (χ1) is 15.8. The molecule has 0 saturated carbocycles. The van der Waals surface area contributed by atoms with Crippen LogP contribution in [0.4, 0.5) is 22.7 Å². The van der Waals surface area contributed by atoms with Gasteiger partial charge in [0.1, 0.15) is 5.70 Å². The zero-order chi connectivity index (χ0) is 23.7. The fourth-order valence-corrected chi connectivity index (χ4v) is 3.76. The minimum atomic E-state index is -0.504. The van der Waals surface area contributed by atoms with Gasteiger partial charge in [0, 0.05) is 44.7 Å². The molecule has 1 aliphatic rings. The van der Waals surface area contributed by atoms with Crippen LogP contribution in [0.1, 0.15) is 5.56 Å². The van der Waals surface area contributed by atoms with Gasteiger partial charge in [0.05, 0.1) is 16.2 Å². The third-order valence-corrected chi connectivity index (χ3v) is 5.51. The maximum atomic E-state index is 13.7. The summed E-state index contributed by atoms with van der Waals surface area (Å²) in [6.07, 6.45) is 0. The van der Waals surface area contributed by atoms with E-state index < -0.39 is 16.7 Å². The predicted octanol–water partition coefficient (Wildman–Crippen LogP) is 4.08. The number of non-ortho nitro benzene ring substituents is 1. The van der Waals surface area contributed by atoms with Gasteiger partial charge in [0.2, 0.25) is 0 Å². The number of imide groups is 1. The molecular weight excluding hydrogens is 420 g/mol. The Bertz CT molecular complexity index is 1270. The van der Waals surface area contributed by atoms with Gasteiger partial charge in [-0.15, -0.1) is 0 Å². The summed E-state index contributed by atoms with van der Waals surface area (Å²) < 4.78 is 0. The van der Waals surface area contributed by atoms with Crippen LogP contribution in [0.3, 0.4) is 0 Å². The van der Waals surface area contributed by atoms with E-state index in [1.165, 1.54) is 24.3 Å². The number of likely N-dealkylation sites (N-methyl/N-ethyl adjacent to an activating group) is 1. The van der Waals surface area contributed by atoms with Crippen molar-refractivity contribution < 1.29 is 14.5 Å². The maximum Gasteiger partial charge on any atom is 0.282 e. The first-order valence-electron chi connectivity index (χ1n) is 10.2. The van der Waals surface area contributed by atoms with Crippen LogP contribution in [0, 0.1) is 10.1 Å². The monoisotopic (exact) mass is 442 g/mol. The number of rotatable bonds is 6. The van der Waals surface area contributed by atoms with Gasteiger partial charge in [-0.05, 0) is 48.0 Å². The summed E-state index contributed by atoms with van der Waals surface area (Å²) >= 11 is 0. The Hall–Kier alpha value is -4.46. The molecule has 0 aliphatic carbocycles. The largest absolute Gasteiger partial charge is 0.378 e. The maximum absolute atomic E-state index is 13.7. The van der Waals surface area contributed by atoms with Crippen LogP contribution in [0.5, 0.6) is 0 Å². The summed E-state index contributed by atoms with van der Waals surface area (Å²) in [6.45, 7) is 0. The van der Waals surface area contributed by atoms with E-state index in [0.29, 0.717) is 11.3 Å². The van der Waals surface area contributed by atoms with Crippen LogP contribution in [0.15, 0.2) is 84.6 Å². The smallest absolute Gasteiger partial charge is 0.282 e. The van der Waals surface area contributed by atoms with Crippen LogP contribution in [0.25, 0.3) is 5.57 Å². The molecule has 0 radical (unpaired) electrons. The van der Waals surface area contributed by atoms with Crippen molar-refractivity contribution in [1.82, 2.24) is 0 Å². The van der Waals surface area contributed by atoms with E-state index in [-0.39, 0.29) is 17.0 Å². The van der Waals surface area contributed by atoms with Crippen molar-refractivity contribution in [3.05, 3.63) is 100 Å². The van der Waals surface area contributed by atoms with Crippen LogP contribution in [-0.4, -0.2) is 37.9 Å². The second-order valence-electron chi connectivity index (χ2n) is 7.78. The molecule has 2 amide bonds. The van der Waals surface area contributed by atoms with Crippen LogP contribution in [0.2, 0.25) is 0 Å². The highest BCUT2D eigenvalue weighted by Gasteiger charge is 2.42. The quantitative estimate of drug-likeness (QED) is 0.325. The Morgan fingerprint density at radius 2 is 1.42 bits per heavy atom. The second kappa shape index (κ2) is 8.58. The van der Waals surface area contributed by atoms with E-state index in [2.05, 4.69) is 0 Å². The number of amides is 2. The van der Waals surface area contributed by atoms with Gasteiger partial charge in [-0.25, -0.2) is 4.90 Å². The zero-order valence-electron chi connectivity index (χ0n) is 18.4. The lowest BCUT2D eigenvalue weighted by atomic mass is 10.0. The summed E-state index contributed by atoms with van der Waals surface area (Å²) in [4.78, 5) is 42.6. The number of nitro groups is 1. The number of hydrogen-bond acceptors (Lipinski definition) is 6. The van der Waals surface area contributed by atoms with Gasteiger partial charge < -0.3 is 9.80 Å². The highest BCUT2D eigenvalue weighted by Crippen LogP contribution is 2.37. The normalized spacial score (nSPS) is 13.5. The van der Waals surface area contributed by atoms with Gasteiger partial charge in [-0.2, -0.15) is 0 Å². The summed E-state index contributed by atoms with van der Waals surface area (Å²) in [5.41, 5.74) is 2.76. The third kappa shape index (κ3) is 3.94. The molecular formula is C25H22N4O4. The van der Waals surface area contributed by atoms with E-state index in [1.807, 2.05) is 55.4 Å². The molecule has 0 spiro atoms. The second-order valence-corrected chi connectivity index (χ2v) is 7.78. The molecule has 1 heterocycles. The molecule has 0 bridgehead atoms. The first-order valence-corrected chi connectivity index (χ1v) is 10.2. The lowest BCUT2D eigenvalue weighted by molar-refractivity contribution is -0.384. The lowest BCUT2D eigenvalue weighted by Gasteiger charge is -2.22. The van der Waals surface area contributed by atoms with Crippen molar-refractivity contribution in [3.8, 4) is 0 Å². The van der Waals surface area contributed by atoms with E-state index in [4.69, 9.17) is 0 Å². The van der Waals surface area contributed by atoms with Crippen molar-refractivity contribution in [2.75, 3.05) is 35.8 Å². The molecule has 0 saturated heterocycles. The molecule has 0 atom stereocenters. The van der Waals surface area contributed by atoms with Crippen LogP contribution >= 0.6 is 0 Å². The Balaban J connectivity index is 1.86.